The average molecular weight is 413 g/mol. The summed E-state index contributed by atoms with van der Waals surface area (Å²) in [6.45, 7) is 4.34. The van der Waals surface area contributed by atoms with Crippen molar-refractivity contribution in [3.05, 3.63) is 65.4 Å². The summed E-state index contributed by atoms with van der Waals surface area (Å²) in [7, 11) is 1.85. The molecule has 3 rings (SSSR count). The number of benzene rings is 1. The molecule has 1 amide bonds. The van der Waals surface area contributed by atoms with Gasteiger partial charge in [0.15, 0.2) is 0 Å². The van der Waals surface area contributed by atoms with Crippen LogP contribution < -0.4 is 5.32 Å². The quantitative estimate of drug-likeness (QED) is 0.546. The average Bonchev–Trinajstić information content (AvgIpc) is 3.38. The van der Waals surface area contributed by atoms with Crippen LogP contribution in [-0.2, 0) is 16.1 Å². The van der Waals surface area contributed by atoms with E-state index in [2.05, 4.69) is 5.32 Å². The number of carbonyl (C=O) groups excluding carboxylic acids is 2. The van der Waals surface area contributed by atoms with E-state index in [-0.39, 0.29) is 12.5 Å². The number of hydrogen-bond donors (Lipinski definition) is 1. The second-order valence-electron chi connectivity index (χ2n) is 6.60. The van der Waals surface area contributed by atoms with Gasteiger partial charge in [-0.2, -0.15) is 0 Å². The highest BCUT2D eigenvalue weighted by Gasteiger charge is 2.25. The van der Waals surface area contributed by atoms with Gasteiger partial charge in [-0.3, -0.25) is 9.69 Å². The minimum atomic E-state index is -0.445. The second-order valence-corrected chi connectivity index (χ2v) is 7.48. The molecule has 2 aromatic heterocycles. The van der Waals surface area contributed by atoms with E-state index in [4.69, 9.17) is 9.15 Å². The Balaban J connectivity index is 1.81. The summed E-state index contributed by atoms with van der Waals surface area (Å²) >= 11 is 1.32. The van der Waals surface area contributed by atoms with E-state index < -0.39 is 12.0 Å². The largest absolute Gasteiger partial charge is 0.468 e. The Kier molecular flexibility index (Phi) is 6.85. The third kappa shape index (κ3) is 4.93. The molecule has 0 aliphatic heterocycles. The van der Waals surface area contributed by atoms with Gasteiger partial charge in [-0.1, -0.05) is 30.3 Å². The molecule has 3 aromatic rings. The van der Waals surface area contributed by atoms with Crippen LogP contribution in [0.3, 0.4) is 0 Å². The third-order valence-corrected chi connectivity index (χ3v) is 5.51. The van der Waals surface area contributed by atoms with E-state index in [1.807, 2.05) is 66.7 Å². The van der Waals surface area contributed by atoms with Crippen molar-refractivity contribution in [2.45, 2.75) is 26.4 Å². The Labute approximate surface area is 174 Å². The highest BCUT2D eigenvalue weighted by molar-refractivity contribution is 7.15. The molecule has 152 valence electrons. The smallest absolute Gasteiger partial charge is 0.341 e. The van der Waals surface area contributed by atoms with Gasteiger partial charge in [0.2, 0.25) is 5.91 Å². The van der Waals surface area contributed by atoms with Crippen LogP contribution in [0.15, 0.2) is 58.5 Å². The molecular formula is C22H24N2O4S. The molecule has 1 aromatic carbocycles. The predicted octanol–water partition coefficient (Wildman–Crippen LogP) is 4.64. The topological polar surface area (TPSA) is 71.8 Å². The number of rotatable bonds is 8. The fourth-order valence-corrected chi connectivity index (χ4v) is 3.85. The summed E-state index contributed by atoms with van der Waals surface area (Å²) in [4.78, 5) is 27.3. The molecule has 0 aliphatic carbocycles. The molecule has 0 saturated heterocycles. The highest BCUT2D eigenvalue weighted by atomic mass is 32.1. The SMILES string of the molecule is CCOC(=O)c1c(-c2ccccc2)csc1NC(=O)C(C)N(C)Cc1ccco1. The van der Waals surface area contributed by atoms with Gasteiger partial charge < -0.3 is 14.5 Å². The number of nitrogens with one attached hydrogen (secondary N) is 1. The number of thiophene rings is 1. The van der Waals surface area contributed by atoms with Gasteiger partial charge in [0.25, 0.3) is 0 Å². The molecule has 7 heteroatoms. The second kappa shape index (κ2) is 9.54. The van der Waals surface area contributed by atoms with Crippen LogP contribution >= 0.6 is 11.3 Å². The van der Waals surface area contributed by atoms with Crippen LogP contribution in [-0.4, -0.2) is 36.5 Å². The number of furan rings is 1. The van der Waals surface area contributed by atoms with Crippen molar-refractivity contribution in [2.24, 2.45) is 0 Å². The van der Waals surface area contributed by atoms with Gasteiger partial charge in [0, 0.05) is 10.9 Å². The molecular weight excluding hydrogens is 388 g/mol. The van der Waals surface area contributed by atoms with Crippen molar-refractivity contribution in [1.29, 1.82) is 0 Å². The summed E-state index contributed by atoms with van der Waals surface area (Å²) in [6.07, 6.45) is 1.61. The van der Waals surface area contributed by atoms with Crippen LogP contribution in [0.5, 0.6) is 0 Å². The highest BCUT2D eigenvalue weighted by Crippen LogP contribution is 2.36. The third-order valence-electron chi connectivity index (χ3n) is 4.62. The molecule has 0 fully saturated rings. The minimum Gasteiger partial charge on any atom is -0.468 e. The minimum absolute atomic E-state index is 0.203. The normalized spacial score (nSPS) is 12.0. The summed E-state index contributed by atoms with van der Waals surface area (Å²) in [5.74, 6) is 0.132. The fraction of sp³-hybridized carbons (Fsp3) is 0.273. The van der Waals surface area contributed by atoms with Gasteiger partial charge in [-0.05, 0) is 38.6 Å². The predicted molar refractivity (Wildman–Crippen MR) is 114 cm³/mol. The molecule has 6 nitrogen and oxygen atoms in total. The molecule has 29 heavy (non-hydrogen) atoms. The van der Waals surface area contributed by atoms with Crippen LogP contribution in [0.1, 0.15) is 30.0 Å². The van der Waals surface area contributed by atoms with Crippen molar-refractivity contribution in [2.75, 3.05) is 19.0 Å². The first kappa shape index (κ1) is 20.8. The van der Waals surface area contributed by atoms with Crippen molar-refractivity contribution in [1.82, 2.24) is 4.90 Å². The van der Waals surface area contributed by atoms with Crippen LogP contribution in [0, 0.1) is 0 Å². The lowest BCUT2D eigenvalue weighted by molar-refractivity contribution is -0.120. The zero-order chi connectivity index (χ0) is 20.8. The molecule has 1 N–H and O–H groups in total. The number of ether oxygens (including phenoxy) is 1. The Hall–Kier alpha value is -2.90. The lowest BCUT2D eigenvalue weighted by atomic mass is 10.0. The Morgan fingerprint density at radius 3 is 2.62 bits per heavy atom. The maximum atomic E-state index is 12.8. The van der Waals surface area contributed by atoms with Gasteiger partial charge in [0.05, 0.1) is 25.5 Å². The maximum absolute atomic E-state index is 12.8. The van der Waals surface area contributed by atoms with E-state index in [9.17, 15) is 9.59 Å². The van der Waals surface area contributed by atoms with Gasteiger partial charge in [0.1, 0.15) is 16.3 Å². The lowest BCUT2D eigenvalue weighted by Gasteiger charge is -2.22. The molecule has 1 atom stereocenters. The summed E-state index contributed by atoms with van der Waals surface area (Å²) in [6, 6.07) is 12.8. The van der Waals surface area contributed by atoms with Gasteiger partial charge >= 0.3 is 5.97 Å². The zero-order valence-corrected chi connectivity index (χ0v) is 17.5. The summed E-state index contributed by atoms with van der Waals surface area (Å²) < 4.78 is 10.6. The first-order valence-electron chi connectivity index (χ1n) is 9.38. The van der Waals surface area contributed by atoms with Crippen LogP contribution in [0.25, 0.3) is 11.1 Å². The van der Waals surface area contributed by atoms with Gasteiger partial charge in [-0.15, -0.1) is 11.3 Å². The number of likely N-dealkylation sites (N-methyl/N-ethyl adjacent to an activating group) is 1. The monoisotopic (exact) mass is 412 g/mol. The van der Waals surface area contributed by atoms with E-state index >= 15 is 0 Å². The molecule has 0 aliphatic rings. The van der Waals surface area contributed by atoms with Crippen LogP contribution in [0.2, 0.25) is 0 Å². The molecule has 0 saturated carbocycles. The van der Waals surface area contributed by atoms with Crippen molar-refractivity contribution in [3.8, 4) is 11.1 Å². The molecule has 0 bridgehead atoms. The summed E-state index contributed by atoms with van der Waals surface area (Å²) in [5.41, 5.74) is 2.04. The van der Waals surface area contributed by atoms with Crippen molar-refractivity contribution < 1.29 is 18.7 Å². The zero-order valence-electron chi connectivity index (χ0n) is 16.7. The Bertz CT molecular complexity index is 951. The molecule has 0 radical (unpaired) electrons. The number of hydrogen-bond acceptors (Lipinski definition) is 6. The van der Waals surface area contributed by atoms with Crippen LogP contribution in [0.4, 0.5) is 5.00 Å². The number of anilines is 1. The van der Waals surface area contributed by atoms with Crippen molar-refractivity contribution >= 4 is 28.2 Å². The standard InChI is InChI=1S/C22H24N2O4S/c1-4-27-22(26)19-18(16-9-6-5-7-10-16)14-29-21(19)23-20(25)15(2)24(3)13-17-11-8-12-28-17/h5-12,14-15H,4,13H2,1-3H3,(H,23,25). The fourth-order valence-electron chi connectivity index (χ4n) is 2.89. The number of esters is 1. The lowest BCUT2D eigenvalue weighted by Crippen LogP contribution is -2.39. The number of carbonyl (C=O) groups is 2. The van der Waals surface area contributed by atoms with Crippen molar-refractivity contribution in [3.63, 3.8) is 0 Å². The molecule has 0 spiro atoms. The first-order chi connectivity index (χ1) is 14.0. The van der Waals surface area contributed by atoms with E-state index in [0.29, 0.717) is 17.1 Å². The molecule has 2 heterocycles. The number of amides is 1. The number of nitrogens with zero attached hydrogens (tertiary/aromatic N) is 1. The first-order valence-corrected chi connectivity index (χ1v) is 10.3. The Morgan fingerprint density at radius 2 is 1.97 bits per heavy atom. The van der Waals surface area contributed by atoms with Gasteiger partial charge in [-0.25, -0.2) is 4.79 Å². The molecule has 1 unspecified atom stereocenters. The Morgan fingerprint density at radius 1 is 1.21 bits per heavy atom. The van der Waals surface area contributed by atoms with E-state index in [1.54, 1.807) is 13.2 Å². The summed E-state index contributed by atoms with van der Waals surface area (Å²) in [5, 5.41) is 5.27. The van der Waals surface area contributed by atoms with E-state index in [1.165, 1.54) is 11.3 Å². The van der Waals surface area contributed by atoms with E-state index in [0.717, 1.165) is 16.9 Å². The maximum Gasteiger partial charge on any atom is 0.341 e.